The number of likely N-dealkylation sites (N-methyl/N-ethyl adjacent to an activating group) is 1. The van der Waals surface area contributed by atoms with Crippen molar-refractivity contribution in [1.29, 1.82) is 0 Å². The number of nitrogens with one attached hydrogen (secondary N) is 1. The Labute approximate surface area is 123 Å². The Kier molecular flexibility index (Phi) is 3.01. The van der Waals surface area contributed by atoms with Gasteiger partial charge in [-0.1, -0.05) is 6.07 Å². The fourth-order valence-electron chi connectivity index (χ4n) is 2.99. The lowest BCUT2D eigenvalue weighted by atomic mass is 9.96. The number of amides is 2. The molecule has 2 amide bonds. The average molecular weight is 285 g/mol. The topological polar surface area (TPSA) is 56.4 Å². The molecule has 0 aliphatic carbocycles. The zero-order valence-electron chi connectivity index (χ0n) is 12.5. The van der Waals surface area contributed by atoms with Crippen LogP contribution >= 0.6 is 0 Å². The van der Waals surface area contributed by atoms with E-state index in [4.69, 9.17) is 0 Å². The van der Waals surface area contributed by atoms with Crippen LogP contribution in [0.4, 0.5) is 0 Å². The van der Waals surface area contributed by atoms with Crippen LogP contribution in [-0.4, -0.2) is 52.3 Å². The van der Waals surface area contributed by atoms with Gasteiger partial charge in [0, 0.05) is 42.8 Å². The van der Waals surface area contributed by atoms with Gasteiger partial charge in [0.15, 0.2) is 0 Å². The molecule has 1 saturated heterocycles. The van der Waals surface area contributed by atoms with E-state index >= 15 is 0 Å². The standard InChI is InChI=1S/C16H19N3O2/c1-16(2)15(21)18(3)9-10-19(16)14(20)12-5-4-6-13-11(12)7-8-17-13/h4-8,17H,9-10H2,1-3H3. The molecule has 1 aliphatic heterocycles. The van der Waals surface area contributed by atoms with E-state index in [-0.39, 0.29) is 11.8 Å². The van der Waals surface area contributed by atoms with Crippen molar-refractivity contribution in [3.05, 3.63) is 36.0 Å². The number of aromatic amines is 1. The van der Waals surface area contributed by atoms with Crippen LogP contribution in [0.2, 0.25) is 0 Å². The first-order valence-electron chi connectivity index (χ1n) is 7.06. The zero-order chi connectivity index (χ0) is 15.2. The molecule has 5 heteroatoms. The molecule has 0 unspecified atom stereocenters. The summed E-state index contributed by atoms with van der Waals surface area (Å²) in [5.41, 5.74) is 0.751. The SMILES string of the molecule is CN1CCN(C(=O)c2cccc3[nH]ccc23)C(C)(C)C1=O. The van der Waals surface area contributed by atoms with E-state index in [1.807, 2.05) is 30.5 Å². The number of H-pyrrole nitrogens is 1. The maximum Gasteiger partial charge on any atom is 0.255 e. The number of hydrogen-bond donors (Lipinski definition) is 1. The van der Waals surface area contributed by atoms with Crippen LogP contribution in [0.5, 0.6) is 0 Å². The van der Waals surface area contributed by atoms with Gasteiger partial charge in [-0.3, -0.25) is 9.59 Å². The molecule has 0 spiro atoms. The number of piperazine rings is 1. The minimum atomic E-state index is -0.817. The first-order valence-corrected chi connectivity index (χ1v) is 7.06. The number of fused-ring (bicyclic) bond motifs is 1. The van der Waals surface area contributed by atoms with Gasteiger partial charge in [-0.2, -0.15) is 0 Å². The van der Waals surface area contributed by atoms with Crippen molar-refractivity contribution in [2.45, 2.75) is 19.4 Å². The van der Waals surface area contributed by atoms with Crippen LogP contribution in [0.15, 0.2) is 30.5 Å². The summed E-state index contributed by atoms with van der Waals surface area (Å²) in [6.45, 7) is 4.73. The van der Waals surface area contributed by atoms with Gasteiger partial charge in [-0.25, -0.2) is 0 Å². The Morgan fingerprint density at radius 3 is 2.76 bits per heavy atom. The molecule has 2 aromatic rings. The van der Waals surface area contributed by atoms with Gasteiger partial charge < -0.3 is 14.8 Å². The quantitative estimate of drug-likeness (QED) is 0.869. The molecule has 0 saturated carbocycles. The molecule has 2 heterocycles. The van der Waals surface area contributed by atoms with Gasteiger partial charge in [0.05, 0.1) is 0 Å². The van der Waals surface area contributed by atoms with Gasteiger partial charge in [-0.05, 0) is 32.0 Å². The predicted octanol–water partition coefficient (Wildman–Crippen LogP) is 1.86. The van der Waals surface area contributed by atoms with Crippen molar-refractivity contribution in [2.24, 2.45) is 0 Å². The number of carbonyl (C=O) groups is 2. The third kappa shape index (κ3) is 2.00. The minimum Gasteiger partial charge on any atom is -0.361 e. The Bertz CT molecular complexity index is 717. The predicted molar refractivity (Wildman–Crippen MR) is 81.1 cm³/mol. The maximum absolute atomic E-state index is 12.9. The van der Waals surface area contributed by atoms with Crippen LogP contribution in [0, 0.1) is 0 Å². The van der Waals surface area contributed by atoms with E-state index in [1.165, 1.54) is 0 Å². The van der Waals surface area contributed by atoms with Crippen molar-refractivity contribution >= 4 is 22.7 Å². The van der Waals surface area contributed by atoms with Crippen LogP contribution in [0.3, 0.4) is 0 Å². The van der Waals surface area contributed by atoms with E-state index in [0.717, 1.165) is 10.9 Å². The first-order chi connectivity index (χ1) is 9.93. The van der Waals surface area contributed by atoms with Gasteiger partial charge in [0.1, 0.15) is 5.54 Å². The second-order valence-electron chi connectivity index (χ2n) is 5.99. The van der Waals surface area contributed by atoms with E-state index < -0.39 is 5.54 Å². The second-order valence-corrected chi connectivity index (χ2v) is 5.99. The Hall–Kier alpha value is -2.30. The lowest BCUT2D eigenvalue weighted by Crippen LogP contribution is -2.63. The molecule has 0 bridgehead atoms. The van der Waals surface area contributed by atoms with Gasteiger partial charge in [-0.15, -0.1) is 0 Å². The number of carbonyl (C=O) groups excluding carboxylic acids is 2. The number of benzene rings is 1. The summed E-state index contributed by atoms with van der Waals surface area (Å²) in [6, 6.07) is 7.51. The highest BCUT2D eigenvalue weighted by Gasteiger charge is 2.43. The third-order valence-corrected chi connectivity index (χ3v) is 4.27. The molecule has 1 fully saturated rings. The molecule has 1 aromatic heterocycles. The average Bonchev–Trinajstić information content (AvgIpc) is 2.92. The zero-order valence-corrected chi connectivity index (χ0v) is 12.5. The Morgan fingerprint density at radius 2 is 2.00 bits per heavy atom. The van der Waals surface area contributed by atoms with Crippen LogP contribution in [0.1, 0.15) is 24.2 Å². The van der Waals surface area contributed by atoms with E-state index in [2.05, 4.69) is 4.98 Å². The van der Waals surface area contributed by atoms with Crippen molar-refractivity contribution in [2.75, 3.05) is 20.1 Å². The summed E-state index contributed by atoms with van der Waals surface area (Å²) in [5, 5.41) is 0.893. The highest BCUT2D eigenvalue weighted by molar-refractivity contribution is 6.08. The molecule has 1 aliphatic rings. The normalized spacial score (nSPS) is 18.3. The van der Waals surface area contributed by atoms with Crippen LogP contribution in [-0.2, 0) is 4.79 Å². The third-order valence-electron chi connectivity index (χ3n) is 4.27. The van der Waals surface area contributed by atoms with E-state index in [0.29, 0.717) is 18.7 Å². The van der Waals surface area contributed by atoms with Gasteiger partial charge in [0.25, 0.3) is 5.91 Å². The van der Waals surface area contributed by atoms with Gasteiger partial charge in [0.2, 0.25) is 5.91 Å². The van der Waals surface area contributed by atoms with E-state index in [1.54, 1.807) is 30.7 Å². The molecule has 1 N–H and O–H groups in total. The van der Waals surface area contributed by atoms with Gasteiger partial charge >= 0.3 is 0 Å². The maximum atomic E-state index is 12.9. The number of aromatic nitrogens is 1. The smallest absolute Gasteiger partial charge is 0.255 e. The Balaban J connectivity index is 2.02. The highest BCUT2D eigenvalue weighted by Crippen LogP contribution is 2.26. The molecular weight excluding hydrogens is 266 g/mol. The molecular formula is C16H19N3O2. The van der Waals surface area contributed by atoms with Crippen molar-refractivity contribution < 1.29 is 9.59 Å². The van der Waals surface area contributed by atoms with Crippen molar-refractivity contribution in [3.63, 3.8) is 0 Å². The van der Waals surface area contributed by atoms with Crippen LogP contribution < -0.4 is 0 Å². The molecule has 21 heavy (non-hydrogen) atoms. The van der Waals surface area contributed by atoms with E-state index in [9.17, 15) is 9.59 Å². The fourth-order valence-corrected chi connectivity index (χ4v) is 2.99. The fraction of sp³-hybridized carbons (Fsp3) is 0.375. The summed E-state index contributed by atoms with van der Waals surface area (Å²) in [5.74, 6) is -0.116. The summed E-state index contributed by atoms with van der Waals surface area (Å²) in [4.78, 5) is 31.7. The van der Waals surface area contributed by atoms with Crippen molar-refractivity contribution in [1.82, 2.24) is 14.8 Å². The van der Waals surface area contributed by atoms with Crippen molar-refractivity contribution in [3.8, 4) is 0 Å². The number of rotatable bonds is 1. The molecule has 110 valence electrons. The first kappa shape index (κ1) is 13.7. The number of hydrogen-bond acceptors (Lipinski definition) is 2. The minimum absolute atomic E-state index is 0.0247. The molecule has 0 radical (unpaired) electrons. The molecule has 3 rings (SSSR count). The largest absolute Gasteiger partial charge is 0.361 e. The summed E-state index contributed by atoms with van der Waals surface area (Å²) >= 11 is 0. The molecule has 1 aromatic carbocycles. The number of nitrogens with zero attached hydrogens (tertiary/aromatic N) is 2. The lowest BCUT2D eigenvalue weighted by Gasteiger charge is -2.44. The second kappa shape index (κ2) is 4.62. The highest BCUT2D eigenvalue weighted by atomic mass is 16.2. The Morgan fingerprint density at radius 1 is 1.24 bits per heavy atom. The van der Waals surface area contributed by atoms with Crippen LogP contribution in [0.25, 0.3) is 10.9 Å². The monoisotopic (exact) mass is 285 g/mol. The molecule has 5 nitrogen and oxygen atoms in total. The summed E-state index contributed by atoms with van der Waals surface area (Å²) in [7, 11) is 1.78. The summed E-state index contributed by atoms with van der Waals surface area (Å²) in [6.07, 6.45) is 1.82. The summed E-state index contributed by atoms with van der Waals surface area (Å²) < 4.78 is 0. The lowest BCUT2D eigenvalue weighted by molar-refractivity contribution is -0.144. The molecule has 0 atom stereocenters.